The van der Waals surface area contributed by atoms with Gasteiger partial charge in [0.1, 0.15) is 5.82 Å². The molecule has 7 nitrogen and oxygen atoms in total. The third-order valence-corrected chi connectivity index (χ3v) is 4.02. The van der Waals surface area contributed by atoms with E-state index < -0.39 is 0 Å². The lowest BCUT2D eigenvalue weighted by Crippen LogP contribution is -2.42. The largest absolute Gasteiger partial charge is 0.461 e. The van der Waals surface area contributed by atoms with Crippen LogP contribution in [0.4, 0.5) is 0 Å². The smallest absolute Gasteiger partial charge is 0.216 e. The maximum absolute atomic E-state index is 5.29. The molecule has 0 spiro atoms. The van der Waals surface area contributed by atoms with Crippen LogP contribution in [0.1, 0.15) is 51.8 Å². The minimum absolute atomic E-state index is 0.416. The van der Waals surface area contributed by atoms with Gasteiger partial charge in [-0.2, -0.15) is 5.10 Å². The molecule has 0 amide bonds. The van der Waals surface area contributed by atoms with Gasteiger partial charge >= 0.3 is 0 Å². The molecule has 1 atom stereocenters. The van der Waals surface area contributed by atoms with Gasteiger partial charge in [-0.25, -0.2) is 4.98 Å². The molecule has 0 aromatic carbocycles. The summed E-state index contributed by atoms with van der Waals surface area (Å²) in [6.07, 6.45) is 8.66. The highest BCUT2D eigenvalue weighted by atomic mass is 16.3. The highest BCUT2D eigenvalue weighted by Crippen LogP contribution is 2.14. The van der Waals surface area contributed by atoms with Crippen LogP contribution in [0.3, 0.4) is 0 Å². The lowest BCUT2D eigenvalue weighted by atomic mass is 10.1. The van der Waals surface area contributed by atoms with E-state index in [1.54, 1.807) is 13.3 Å². The molecule has 0 saturated heterocycles. The molecular weight excluding hydrogens is 316 g/mol. The van der Waals surface area contributed by atoms with Crippen molar-refractivity contribution in [3.8, 4) is 11.6 Å². The number of aromatic nitrogens is 3. The van der Waals surface area contributed by atoms with Crippen LogP contribution >= 0.6 is 0 Å². The molecule has 1 unspecified atom stereocenters. The number of nitrogens with zero attached hydrogens (tertiary/aromatic N) is 3. The molecule has 0 aliphatic rings. The van der Waals surface area contributed by atoms with E-state index in [2.05, 4.69) is 44.7 Å². The second-order valence-corrected chi connectivity index (χ2v) is 6.23. The summed E-state index contributed by atoms with van der Waals surface area (Å²) in [5.74, 6) is 2.91. The fourth-order valence-corrected chi connectivity index (χ4v) is 2.60. The van der Waals surface area contributed by atoms with Crippen molar-refractivity contribution in [3.63, 3.8) is 0 Å². The Morgan fingerprint density at radius 3 is 2.96 bits per heavy atom. The molecule has 0 aliphatic carbocycles. The van der Waals surface area contributed by atoms with Gasteiger partial charge in [-0.3, -0.25) is 10.1 Å². The van der Waals surface area contributed by atoms with Crippen molar-refractivity contribution < 1.29 is 4.42 Å². The van der Waals surface area contributed by atoms with E-state index in [1.807, 2.05) is 12.1 Å². The summed E-state index contributed by atoms with van der Waals surface area (Å²) < 4.78 is 5.29. The molecule has 2 aromatic heterocycles. The first-order chi connectivity index (χ1) is 12.2. The van der Waals surface area contributed by atoms with Gasteiger partial charge in [-0.1, -0.05) is 32.6 Å². The zero-order valence-corrected chi connectivity index (χ0v) is 15.5. The second kappa shape index (κ2) is 10.5. The SMILES string of the molecule is CCCCCCC(C)NC(=NC)NCCc1nc(-c2ccco2)n[nH]1. The Kier molecular flexibility index (Phi) is 8.01. The van der Waals surface area contributed by atoms with Crippen molar-refractivity contribution >= 4 is 5.96 Å². The molecule has 2 heterocycles. The molecule has 0 radical (unpaired) electrons. The number of guanidine groups is 1. The molecule has 7 heteroatoms. The van der Waals surface area contributed by atoms with E-state index in [-0.39, 0.29) is 0 Å². The van der Waals surface area contributed by atoms with Crippen molar-refractivity contribution in [3.05, 3.63) is 24.2 Å². The summed E-state index contributed by atoms with van der Waals surface area (Å²) in [6.45, 7) is 5.17. The van der Waals surface area contributed by atoms with Gasteiger partial charge in [0, 0.05) is 26.1 Å². The Morgan fingerprint density at radius 1 is 1.36 bits per heavy atom. The maximum Gasteiger partial charge on any atom is 0.216 e. The number of hydrogen-bond donors (Lipinski definition) is 3. The molecule has 0 bridgehead atoms. The van der Waals surface area contributed by atoms with Gasteiger partial charge < -0.3 is 15.1 Å². The van der Waals surface area contributed by atoms with E-state index in [9.17, 15) is 0 Å². The van der Waals surface area contributed by atoms with E-state index in [1.165, 1.54) is 25.7 Å². The van der Waals surface area contributed by atoms with Crippen molar-refractivity contribution in [2.75, 3.05) is 13.6 Å². The summed E-state index contributed by atoms with van der Waals surface area (Å²) in [5.41, 5.74) is 0. The Balaban J connectivity index is 1.69. The van der Waals surface area contributed by atoms with Gasteiger partial charge in [0.15, 0.2) is 11.7 Å². The minimum atomic E-state index is 0.416. The van der Waals surface area contributed by atoms with Crippen LogP contribution in [0.5, 0.6) is 0 Å². The monoisotopic (exact) mass is 346 g/mol. The highest BCUT2D eigenvalue weighted by Gasteiger charge is 2.09. The minimum Gasteiger partial charge on any atom is -0.461 e. The van der Waals surface area contributed by atoms with Gasteiger partial charge in [-0.15, -0.1) is 0 Å². The number of H-pyrrole nitrogens is 1. The van der Waals surface area contributed by atoms with Crippen LogP contribution in [0.15, 0.2) is 27.8 Å². The number of rotatable bonds is 10. The zero-order valence-electron chi connectivity index (χ0n) is 15.5. The third kappa shape index (κ3) is 6.60. The molecule has 25 heavy (non-hydrogen) atoms. The predicted molar refractivity (Wildman–Crippen MR) is 101 cm³/mol. The summed E-state index contributed by atoms with van der Waals surface area (Å²) in [4.78, 5) is 8.72. The average molecular weight is 346 g/mol. The molecule has 0 saturated carbocycles. The van der Waals surface area contributed by atoms with Crippen LogP contribution in [0.2, 0.25) is 0 Å². The van der Waals surface area contributed by atoms with E-state index in [4.69, 9.17) is 4.42 Å². The van der Waals surface area contributed by atoms with Crippen LogP contribution in [-0.2, 0) is 6.42 Å². The first-order valence-corrected chi connectivity index (χ1v) is 9.15. The Hall–Kier alpha value is -2.31. The summed E-state index contributed by atoms with van der Waals surface area (Å²) in [6, 6.07) is 4.09. The van der Waals surface area contributed by atoms with Crippen molar-refractivity contribution in [1.82, 2.24) is 25.8 Å². The highest BCUT2D eigenvalue weighted by molar-refractivity contribution is 5.79. The second-order valence-electron chi connectivity index (χ2n) is 6.23. The molecule has 0 aliphatic heterocycles. The van der Waals surface area contributed by atoms with Crippen LogP contribution < -0.4 is 10.6 Å². The van der Waals surface area contributed by atoms with Gasteiger partial charge in [0.2, 0.25) is 5.82 Å². The Labute approximate surface area is 149 Å². The molecule has 0 fully saturated rings. The maximum atomic E-state index is 5.29. The average Bonchev–Trinajstić information content (AvgIpc) is 3.29. The lowest BCUT2D eigenvalue weighted by molar-refractivity contribution is 0.537. The van der Waals surface area contributed by atoms with Crippen LogP contribution in [0, 0.1) is 0 Å². The van der Waals surface area contributed by atoms with E-state index in [0.717, 1.165) is 31.2 Å². The number of unbranched alkanes of at least 4 members (excludes halogenated alkanes) is 3. The molecule has 3 N–H and O–H groups in total. The summed E-state index contributed by atoms with van der Waals surface area (Å²) in [7, 11) is 1.79. The first kappa shape index (κ1) is 19.0. The number of furan rings is 1. The van der Waals surface area contributed by atoms with Crippen molar-refractivity contribution in [2.45, 2.75) is 58.4 Å². The van der Waals surface area contributed by atoms with E-state index in [0.29, 0.717) is 17.6 Å². The van der Waals surface area contributed by atoms with Crippen molar-refractivity contribution in [2.24, 2.45) is 4.99 Å². The standard InChI is InChI=1S/C18H30N6O/c1-4-5-6-7-9-14(2)21-18(19-3)20-12-11-16-22-17(24-23-16)15-10-8-13-25-15/h8,10,13-14H,4-7,9,11-12H2,1-3H3,(H2,19,20,21)(H,22,23,24). The lowest BCUT2D eigenvalue weighted by Gasteiger charge is -2.17. The van der Waals surface area contributed by atoms with Crippen LogP contribution in [0.25, 0.3) is 11.6 Å². The predicted octanol–water partition coefficient (Wildman–Crippen LogP) is 3.13. The van der Waals surface area contributed by atoms with Gasteiger partial charge in [-0.05, 0) is 25.5 Å². The fraction of sp³-hybridized carbons (Fsp3) is 0.611. The third-order valence-electron chi connectivity index (χ3n) is 4.02. The zero-order chi connectivity index (χ0) is 17.9. The summed E-state index contributed by atoms with van der Waals surface area (Å²) >= 11 is 0. The molecule has 138 valence electrons. The van der Waals surface area contributed by atoms with Crippen LogP contribution in [-0.4, -0.2) is 40.8 Å². The number of aliphatic imine (C=N–C) groups is 1. The van der Waals surface area contributed by atoms with Gasteiger partial charge in [0.05, 0.1) is 6.26 Å². The van der Waals surface area contributed by atoms with E-state index >= 15 is 0 Å². The molecule has 2 aromatic rings. The Morgan fingerprint density at radius 2 is 2.24 bits per heavy atom. The van der Waals surface area contributed by atoms with Gasteiger partial charge in [0.25, 0.3) is 0 Å². The Bertz CT molecular complexity index is 619. The number of hydrogen-bond acceptors (Lipinski definition) is 4. The fourth-order valence-electron chi connectivity index (χ4n) is 2.60. The number of nitrogens with one attached hydrogen (secondary N) is 3. The summed E-state index contributed by atoms with van der Waals surface area (Å²) in [5, 5.41) is 13.9. The number of aromatic amines is 1. The first-order valence-electron chi connectivity index (χ1n) is 9.15. The topological polar surface area (TPSA) is 91.1 Å². The quantitative estimate of drug-likeness (QED) is 0.349. The normalized spacial score (nSPS) is 13.0. The van der Waals surface area contributed by atoms with Crippen molar-refractivity contribution in [1.29, 1.82) is 0 Å². The molecular formula is C18H30N6O. The molecule has 2 rings (SSSR count).